The number of halogens is 2. The standard InChI is InChI=1S/C15H12Cl2N2O3/c16-12-2-1-3-13(15(12)17)22-9-14(21)19-18-8-10-4-6-11(20)7-5-10/h1-8,20H,9H2,(H,19,21). The van der Waals surface area contributed by atoms with Crippen molar-refractivity contribution >= 4 is 35.3 Å². The number of amides is 1. The van der Waals surface area contributed by atoms with Gasteiger partial charge in [0.15, 0.2) is 6.61 Å². The Labute approximate surface area is 137 Å². The number of carbonyl (C=O) groups excluding carboxylic acids is 1. The van der Waals surface area contributed by atoms with Gasteiger partial charge in [-0.05, 0) is 42.0 Å². The summed E-state index contributed by atoms with van der Waals surface area (Å²) in [6, 6.07) is 11.3. The van der Waals surface area contributed by atoms with Crippen molar-refractivity contribution in [2.75, 3.05) is 6.61 Å². The number of hydrogen-bond donors (Lipinski definition) is 2. The lowest BCUT2D eigenvalue weighted by molar-refractivity contribution is -0.123. The van der Waals surface area contributed by atoms with Crippen LogP contribution in [0.3, 0.4) is 0 Å². The van der Waals surface area contributed by atoms with Crippen molar-refractivity contribution in [3.05, 3.63) is 58.1 Å². The first-order valence-electron chi connectivity index (χ1n) is 6.24. The molecule has 0 radical (unpaired) electrons. The molecular formula is C15H12Cl2N2O3. The highest BCUT2D eigenvalue weighted by atomic mass is 35.5. The van der Waals surface area contributed by atoms with Gasteiger partial charge >= 0.3 is 0 Å². The summed E-state index contributed by atoms with van der Waals surface area (Å²) >= 11 is 11.8. The Morgan fingerprint density at radius 1 is 1.23 bits per heavy atom. The number of benzene rings is 2. The van der Waals surface area contributed by atoms with Crippen molar-refractivity contribution in [2.24, 2.45) is 5.10 Å². The number of hydrazone groups is 1. The molecule has 5 nitrogen and oxygen atoms in total. The number of rotatable bonds is 5. The van der Waals surface area contributed by atoms with Gasteiger partial charge in [0.1, 0.15) is 16.5 Å². The maximum absolute atomic E-state index is 11.6. The number of nitrogens with one attached hydrogen (secondary N) is 1. The third-order valence-corrected chi connectivity index (χ3v) is 3.37. The molecule has 0 spiro atoms. The second kappa shape index (κ2) is 7.68. The van der Waals surface area contributed by atoms with Crippen molar-refractivity contribution < 1.29 is 14.6 Å². The summed E-state index contributed by atoms with van der Waals surface area (Å²) in [6.07, 6.45) is 1.45. The van der Waals surface area contributed by atoms with Gasteiger partial charge in [-0.15, -0.1) is 0 Å². The van der Waals surface area contributed by atoms with E-state index in [1.807, 2.05) is 0 Å². The molecule has 2 aromatic rings. The molecule has 0 unspecified atom stereocenters. The predicted octanol–water partition coefficient (Wildman–Crippen LogP) is 3.23. The summed E-state index contributed by atoms with van der Waals surface area (Å²) < 4.78 is 5.26. The summed E-state index contributed by atoms with van der Waals surface area (Å²) in [5.74, 6) is 0.0471. The van der Waals surface area contributed by atoms with Gasteiger partial charge in [0.25, 0.3) is 5.91 Å². The normalized spacial score (nSPS) is 10.6. The van der Waals surface area contributed by atoms with E-state index in [9.17, 15) is 4.79 Å². The molecule has 0 atom stereocenters. The molecule has 2 aromatic carbocycles. The van der Waals surface area contributed by atoms with E-state index in [2.05, 4.69) is 10.5 Å². The Morgan fingerprint density at radius 2 is 1.95 bits per heavy atom. The predicted molar refractivity (Wildman–Crippen MR) is 85.8 cm³/mol. The lowest BCUT2D eigenvalue weighted by Gasteiger charge is -2.07. The van der Waals surface area contributed by atoms with Crippen LogP contribution >= 0.6 is 23.2 Å². The third-order valence-electron chi connectivity index (χ3n) is 2.57. The van der Waals surface area contributed by atoms with Crippen LogP contribution in [-0.4, -0.2) is 23.8 Å². The van der Waals surface area contributed by atoms with Crippen LogP contribution in [0.4, 0.5) is 0 Å². The van der Waals surface area contributed by atoms with Crippen molar-refractivity contribution in [3.63, 3.8) is 0 Å². The van der Waals surface area contributed by atoms with Crippen LogP contribution < -0.4 is 10.2 Å². The van der Waals surface area contributed by atoms with E-state index in [-0.39, 0.29) is 17.4 Å². The average molecular weight is 339 g/mol. The maximum Gasteiger partial charge on any atom is 0.277 e. The molecule has 2 rings (SSSR count). The largest absolute Gasteiger partial charge is 0.508 e. The average Bonchev–Trinajstić information content (AvgIpc) is 2.51. The summed E-state index contributed by atoms with van der Waals surface area (Å²) in [6.45, 7) is -0.243. The minimum absolute atomic E-state index is 0.160. The molecule has 0 saturated carbocycles. The molecule has 0 heterocycles. The van der Waals surface area contributed by atoms with Gasteiger partial charge in [-0.25, -0.2) is 5.43 Å². The number of phenolic OH excluding ortho intramolecular Hbond substituents is 1. The molecule has 0 aliphatic heterocycles. The van der Waals surface area contributed by atoms with Crippen LogP contribution in [0.15, 0.2) is 47.6 Å². The van der Waals surface area contributed by atoms with Crippen molar-refractivity contribution in [1.29, 1.82) is 0 Å². The molecule has 7 heteroatoms. The maximum atomic E-state index is 11.6. The zero-order chi connectivity index (χ0) is 15.9. The Balaban J connectivity index is 1.83. The molecule has 1 amide bonds. The fraction of sp³-hybridized carbons (Fsp3) is 0.0667. The van der Waals surface area contributed by atoms with E-state index in [0.717, 1.165) is 5.56 Å². The Bertz CT molecular complexity index is 688. The number of aromatic hydroxyl groups is 1. The Kier molecular flexibility index (Phi) is 5.63. The summed E-state index contributed by atoms with van der Waals surface area (Å²) in [4.78, 5) is 11.6. The zero-order valence-corrected chi connectivity index (χ0v) is 12.8. The van der Waals surface area contributed by atoms with Crippen LogP contribution in [0.1, 0.15) is 5.56 Å². The minimum Gasteiger partial charge on any atom is -0.508 e. The quantitative estimate of drug-likeness (QED) is 0.649. The van der Waals surface area contributed by atoms with Gasteiger partial charge in [0.05, 0.1) is 11.2 Å². The van der Waals surface area contributed by atoms with E-state index >= 15 is 0 Å². The minimum atomic E-state index is -0.439. The number of carbonyl (C=O) groups is 1. The number of ether oxygens (including phenoxy) is 1. The lowest BCUT2D eigenvalue weighted by Crippen LogP contribution is -2.24. The van der Waals surface area contributed by atoms with Crippen molar-refractivity contribution in [3.8, 4) is 11.5 Å². The van der Waals surface area contributed by atoms with Crippen LogP contribution in [0.25, 0.3) is 0 Å². The smallest absolute Gasteiger partial charge is 0.277 e. The van der Waals surface area contributed by atoms with Crippen LogP contribution in [0, 0.1) is 0 Å². The molecule has 0 saturated heterocycles. The Hall–Kier alpha value is -2.24. The summed E-state index contributed by atoms with van der Waals surface area (Å²) in [5.41, 5.74) is 3.05. The van der Waals surface area contributed by atoms with E-state index in [0.29, 0.717) is 10.8 Å². The van der Waals surface area contributed by atoms with Gasteiger partial charge in [-0.1, -0.05) is 29.3 Å². The molecule has 114 valence electrons. The number of hydrogen-bond acceptors (Lipinski definition) is 4. The molecule has 22 heavy (non-hydrogen) atoms. The van der Waals surface area contributed by atoms with Gasteiger partial charge in [-0.2, -0.15) is 5.10 Å². The first-order valence-corrected chi connectivity index (χ1v) is 6.99. The van der Waals surface area contributed by atoms with Crippen molar-refractivity contribution in [2.45, 2.75) is 0 Å². The topological polar surface area (TPSA) is 70.9 Å². The van der Waals surface area contributed by atoms with Gasteiger partial charge in [-0.3, -0.25) is 4.79 Å². The fourth-order valence-corrected chi connectivity index (χ4v) is 1.86. The van der Waals surface area contributed by atoms with E-state index in [1.165, 1.54) is 18.3 Å². The molecular weight excluding hydrogens is 327 g/mol. The monoisotopic (exact) mass is 338 g/mol. The van der Waals surface area contributed by atoms with Gasteiger partial charge in [0, 0.05) is 0 Å². The molecule has 0 fully saturated rings. The molecule has 2 N–H and O–H groups in total. The summed E-state index contributed by atoms with van der Waals surface area (Å²) in [7, 11) is 0. The number of phenols is 1. The van der Waals surface area contributed by atoms with Crippen LogP contribution in [-0.2, 0) is 4.79 Å². The van der Waals surface area contributed by atoms with Gasteiger partial charge < -0.3 is 9.84 Å². The third kappa shape index (κ3) is 4.65. The highest BCUT2D eigenvalue weighted by molar-refractivity contribution is 6.42. The second-order valence-electron chi connectivity index (χ2n) is 4.23. The Morgan fingerprint density at radius 3 is 2.68 bits per heavy atom. The SMILES string of the molecule is O=C(COc1cccc(Cl)c1Cl)NN=Cc1ccc(O)cc1. The first-order chi connectivity index (χ1) is 10.6. The fourth-order valence-electron chi connectivity index (χ4n) is 1.51. The lowest BCUT2D eigenvalue weighted by atomic mass is 10.2. The molecule has 0 bridgehead atoms. The van der Waals surface area contributed by atoms with E-state index in [1.54, 1.807) is 30.3 Å². The second-order valence-corrected chi connectivity index (χ2v) is 5.01. The van der Waals surface area contributed by atoms with Crippen LogP contribution in [0.5, 0.6) is 11.5 Å². The van der Waals surface area contributed by atoms with E-state index < -0.39 is 5.91 Å². The molecule has 0 aliphatic carbocycles. The van der Waals surface area contributed by atoms with Crippen molar-refractivity contribution in [1.82, 2.24) is 5.43 Å². The van der Waals surface area contributed by atoms with Crippen LogP contribution in [0.2, 0.25) is 10.0 Å². The molecule has 0 aromatic heterocycles. The van der Waals surface area contributed by atoms with Gasteiger partial charge in [0.2, 0.25) is 0 Å². The highest BCUT2D eigenvalue weighted by Crippen LogP contribution is 2.31. The highest BCUT2D eigenvalue weighted by Gasteiger charge is 2.07. The zero-order valence-electron chi connectivity index (χ0n) is 11.3. The number of nitrogens with zero attached hydrogens (tertiary/aromatic N) is 1. The molecule has 0 aliphatic rings. The summed E-state index contributed by atoms with van der Waals surface area (Å²) in [5, 5.41) is 13.5. The van der Waals surface area contributed by atoms with E-state index in [4.69, 9.17) is 33.0 Å². The first kappa shape index (κ1) is 16.1.